The Morgan fingerprint density at radius 3 is 3.00 bits per heavy atom. The van der Waals surface area contributed by atoms with Crippen LogP contribution in [0.3, 0.4) is 0 Å². The summed E-state index contributed by atoms with van der Waals surface area (Å²) in [4.78, 5) is 13.1. The third-order valence-electron chi connectivity index (χ3n) is 1.89. The molecule has 1 aromatic heterocycles. The molecular weight excluding hydrogens is 260 g/mol. The molecule has 5 heteroatoms. The van der Waals surface area contributed by atoms with E-state index in [0.29, 0.717) is 19.5 Å². The molecule has 1 aromatic rings. The number of halogens is 1. The van der Waals surface area contributed by atoms with Crippen LogP contribution >= 0.6 is 15.9 Å². The number of alkyl halides is 1. The summed E-state index contributed by atoms with van der Waals surface area (Å²) in [5.74, 6) is 0.684. The van der Waals surface area contributed by atoms with Crippen molar-refractivity contribution in [2.45, 2.75) is 13.0 Å². The molecule has 1 heterocycles. The van der Waals surface area contributed by atoms with Crippen LogP contribution in [0.25, 0.3) is 0 Å². The zero-order valence-electron chi connectivity index (χ0n) is 8.15. The van der Waals surface area contributed by atoms with E-state index in [1.807, 2.05) is 6.07 Å². The predicted molar refractivity (Wildman–Crippen MR) is 58.1 cm³/mol. The molecule has 15 heavy (non-hydrogen) atoms. The second-order valence-electron chi connectivity index (χ2n) is 2.94. The molecule has 0 atom stereocenters. The van der Waals surface area contributed by atoms with Crippen molar-refractivity contribution in [2.75, 3.05) is 11.9 Å². The van der Waals surface area contributed by atoms with Gasteiger partial charge in [-0.05, 0) is 12.1 Å². The molecule has 80 valence electrons. The summed E-state index contributed by atoms with van der Waals surface area (Å²) < 4.78 is 5.15. The van der Waals surface area contributed by atoms with Gasteiger partial charge in [-0.1, -0.05) is 15.9 Å². The Labute approximate surface area is 96.6 Å². The molecule has 0 bridgehead atoms. The minimum absolute atomic E-state index is 0.0401. The minimum atomic E-state index is -0.0401. The van der Waals surface area contributed by atoms with E-state index < -0.39 is 0 Å². The lowest BCUT2D eigenvalue weighted by atomic mass is 10.3. The topological polar surface area (TPSA) is 57.2 Å². The third kappa shape index (κ3) is 3.76. The highest BCUT2D eigenvalue weighted by atomic mass is 79.9. The maximum atomic E-state index is 11.5. The van der Waals surface area contributed by atoms with Gasteiger partial charge in [0.2, 0.25) is 5.91 Å². The minimum Gasteiger partial charge on any atom is -0.467 e. The number of carbonyl (C=O) groups is 1. The van der Waals surface area contributed by atoms with Gasteiger partial charge in [0, 0.05) is 6.54 Å². The van der Waals surface area contributed by atoms with Gasteiger partial charge in [0.25, 0.3) is 0 Å². The molecule has 0 N–H and O–H groups in total. The van der Waals surface area contributed by atoms with Crippen molar-refractivity contribution in [3.63, 3.8) is 0 Å². The van der Waals surface area contributed by atoms with Crippen LogP contribution in [0.2, 0.25) is 0 Å². The summed E-state index contributed by atoms with van der Waals surface area (Å²) in [6.07, 6.45) is 1.90. The normalized spacial score (nSPS) is 9.60. The van der Waals surface area contributed by atoms with Crippen LogP contribution in [-0.2, 0) is 11.3 Å². The Morgan fingerprint density at radius 1 is 1.67 bits per heavy atom. The summed E-state index contributed by atoms with van der Waals surface area (Å²) in [7, 11) is 0. The van der Waals surface area contributed by atoms with Gasteiger partial charge in [-0.15, -0.1) is 0 Å². The third-order valence-corrected chi connectivity index (χ3v) is 2.37. The second kappa shape index (κ2) is 6.25. The van der Waals surface area contributed by atoms with Crippen LogP contribution in [0.1, 0.15) is 12.2 Å². The molecule has 0 spiro atoms. The summed E-state index contributed by atoms with van der Waals surface area (Å²) in [5.41, 5.74) is 0. The molecule has 4 nitrogen and oxygen atoms in total. The average molecular weight is 271 g/mol. The van der Waals surface area contributed by atoms with Crippen molar-refractivity contribution in [1.29, 1.82) is 5.26 Å². The van der Waals surface area contributed by atoms with Crippen molar-refractivity contribution in [1.82, 2.24) is 4.90 Å². The first kappa shape index (κ1) is 11.8. The van der Waals surface area contributed by atoms with E-state index in [-0.39, 0.29) is 11.2 Å². The zero-order chi connectivity index (χ0) is 11.1. The fourth-order valence-corrected chi connectivity index (χ4v) is 1.51. The SMILES string of the molecule is N#CCCN(Cc1ccco1)C(=O)CBr. The van der Waals surface area contributed by atoms with E-state index in [4.69, 9.17) is 9.68 Å². The van der Waals surface area contributed by atoms with E-state index in [2.05, 4.69) is 15.9 Å². The average Bonchev–Trinajstić information content (AvgIpc) is 2.75. The molecule has 0 fully saturated rings. The zero-order valence-corrected chi connectivity index (χ0v) is 9.74. The molecule has 0 saturated carbocycles. The Kier molecular flexibility index (Phi) is 4.91. The summed E-state index contributed by atoms with van der Waals surface area (Å²) in [5, 5.41) is 8.74. The smallest absolute Gasteiger partial charge is 0.233 e. The molecule has 0 saturated heterocycles. The molecule has 0 aromatic carbocycles. The van der Waals surface area contributed by atoms with Crippen molar-refractivity contribution in [2.24, 2.45) is 0 Å². The number of nitriles is 1. The van der Waals surface area contributed by atoms with Gasteiger partial charge in [0.1, 0.15) is 5.76 Å². The lowest BCUT2D eigenvalue weighted by Gasteiger charge is -2.18. The highest BCUT2D eigenvalue weighted by Gasteiger charge is 2.13. The quantitative estimate of drug-likeness (QED) is 0.769. The van der Waals surface area contributed by atoms with Crippen LogP contribution in [0.5, 0.6) is 0 Å². The molecule has 0 unspecified atom stereocenters. The molecule has 0 aliphatic rings. The largest absolute Gasteiger partial charge is 0.467 e. The number of hydrogen-bond acceptors (Lipinski definition) is 3. The first-order valence-corrected chi connectivity index (χ1v) is 5.63. The molecule has 0 aliphatic carbocycles. The highest BCUT2D eigenvalue weighted by molar-refractivity contribution is 9.09. The van der Waals surface area contributed by atoms with Gasteiger partial charge >= 0.3 is 0 Å². The Bertz CT molecular complexity index is 343. The Hall–Kier alpha value is -1.28. The van der Waals surface area contributed by atoms with E-state index in [9.17, 15) is 4.79 Å². The van der Waals surface area contributed by atoms with E-state index in [1.54, 1.807) is 23.3 Å². The fraction of sp³-hybridized carbons (Fsp3) is 0.400. The van der Waals surface area contributed by atoms with Gasteiger partial charge in [0.05, 0.1) is 30.6 Å². The molecule has 0 radical (unpaired) electrons. The predicted octanol–water partition coefficient (Wildman–Crippen LogP) is 1.92. The maximum absolute atomic E-state index is 11.5. The van der Waals surface area contributed by atoms with Gasteiger partial charge in [-0.3, -0.25) is 4.79 Å². The lowest BCUT2D eigenvalue weighted by Crippen LogP contribution is -2.32. The monoisotopic (exact) mass is 270 g/mol. The Balaban J connectivity index is 2.57. The van der Waals surface area contributed by atoms with Crippen molar-refractivity contribution in [3.05, 3.63) is 24.2 Å². The van der Waals surface area contributed by atoms with Gasteiger partial charge in [-0.25, -0.2) is 0 Å². The summed E-state index contributed by atoms with van der Waals surface area (Å²) in [6.45, 7) is 0.848. The summed E-state index contributed by atoms with van der Waals surface area (Å²) in [6, 6.07) is 5.60. The number of nitrogens with zero attached hydrogens (tertiary/aromatic N) is 2. The van der Waals surface area contributed by atoms with Crippen LogP contribution in [0.15, 0.2) is 22.8 Å². The standard InChI is InChI=1S/C10H11BrN2O2/c11-7-10(14)13(5-2-4-12)8-9-3-1-6-15-9/h1,3,6H,2,5,7-8H2. The summed E-state index contributed by atoms with van der Waals surface area (Å²) >= 11 is 3.11. The Morgan fingerprint density at radius 2 is 2.47 bits per heavy atom. The van der Waals surface area contributed by atoms with Crippen LogP contribution in [-0.4, -0.2) is 22.7 Å². The van der Waals surface area contributed by atoms with E-state index >= 15 is 0 Å². The van der Waals surface area contributed by atoms with Crippen LogP contribution < -0.4 is 0 Å². The van der Waals surface area contributed by atoms with E-state index in [0.717, 1.165) is 5.76 Å². The van der Waals surface area contributed by atoms with Crippen LogP contribution in [0, 0.1) is 11.3 Å². The number of amides is 1. The number of furan rings is 1. The van der Waals surface area contributed by atoms with Crippen LogP contribution in [0.4, 0.5) is 0 Å². The fourth-order valence-electron chi connectivity index (χ4n) is 1.15. The molecule has 0 aliphatic heterocycles. The van der Waals surface area contributed by atoms with Gasteiger partial charge in [0.15, 0.2) is 0 Å². The molecule has 1 rings (SSSR count). The highest BCUT2D eigenvalue weighted by Crippen LogP contribution is 2.07. The number of hydrogen-bond donors (Lipinski definition) is 0. The first-order valence-electron chi connectivity index (χ1n) is 4.51. The van der Waals surface area contributed by atoms with E-state index in [1.165, 1.54) is 0 Å². The van der Waals surface area contributed by atoms with Crippen molar-refractivity contribution in [3.8, 4) is 6.07 Å². The number of carbonyl (C=O) groups excluding carboxylic acids is 1. The molecule has 1 amide bonds. The van der Waals surface area contributed by atoms with Gasteiger partial charge in [-0.2, -0.15) is 5.26 Å². The second-order valence-corrected chi connectivity index (χ2v) is 3.50. The lowest BCUT2D eigenvalue weighted by molar-refractivity contribution is -0.129. The van der Waals surface area contributed by atoms with Crippen molar-refractivity contribution < 1.29 is 9.21 Å². The first-order chi connectivity index (χ1) is 7.27. The number of rotatable bonds is 5. The maximum Gasteiger partial charge on any atom is 0.233 e. The molecular formula is C10H11BrN2O2. The van der Waals surface area contributed by atoms with Crippen molar-refractivity contribution >= 4 is 21.8 Å². The van der Waals surface area contributed by atoms with Gasteiger partial charge < -0.3 is 9.32 Å².